The van der Waals surface area contributed by atoms with E-state index in [0.717, 1.165) is 11.1 Å². The summed E-state index contributed by atoms with van der Waals surface area (Å²) in [6, 6.07) is 9.53. The van der Waals surface area contributed by atoms with Gasteiger partial charge in [0.25, 0.3) is 15.9 Å². The molecule has 0 aliphatic carbocycles. The molecule has 0 radical (unpaired) electrons. The second kappa shape index (κ2) is 10.1. The lowest BCUT2D eigenvalue weighted by atomic mass is 10.1. The minimum absolute atomic E-state index is 0.119. The van der Waals surface area contributed by atoms with Crippen molar-refractivity contribution in [2.45, 2.75) is 38.6 Å². The topological polar surface area (TPSA) is 131 Å². The molecule has 10 heteroatoms. The highest BCUT2D eigenvalue weighted by Gasteiger charge is 2.16. The smallest absolute Gasteiger partial charge is 0.338 e. The highest BCUT2D eigenvalue weighted by atomic mass is 32.2. The van der Waals surface area contributed by atoms with Crippen molar-refractivity contribution in [3.8, 4) is 0 Å². The summed E-state index contributed by atoms with van der Waals surface area (Å²) in [4.78, 5) is 35.3. The van der Waals surface area contributed by atoms with Gasteiger partial charge in [0.2, 0.25) is 0 Å². The first kappa shape index (κ1) is 23.9. The number of anilines is 1. The third-order valence-corrected chi connectivity index (χ3v) is 5.55. The van der Waals surface area contributed by atoms with Gasteiger partial charge in [0.15, 0.2) is 6.61 Å². The second-order valence-corrected chi connectivity index (χ2v) is 8.86. The third kappa shape index (κ3) is 7.10. The molecular weight excluding hydrogens is 422 g/mol. The standard InChI is InChI=1S/C21H25N3O6S/c1-13(2)22-21(27)23-19(25)12-30-20(26)16-6-8-17(9-7-16)24-31(28,29)18-10-5-14(3)15(4)11-18/h5-11,13,24H,12H2,1-4H3,(H2,22,23,25,27). The Morgan fingerprint density at radius 2 is 1.61 bits per heavy atom. The molecule has 0 fully saturated rings. The maximum Gasteiger partial charge on any atom is 0.338 e. The normalized spacial score (nSPS) is 11.0. The van der Waals surface area contributed by atoms with Crippen LogP contribution in [0.15, 0.2) is 47.4 Å². The predicted octanol–water partition coefficient (Wildman–Crippen LogP) is 2.50. The molecule has 9 nitrogen and oxygen atoms in total. The number of aryl methyl sites for hydroxylation is 2. The Bertz CT molecular complexity index is 1080. The van der Waals surface area contributed by atoms with Crippen LogP contribution in [-0.4, -0.2) is 39.0 Å². The molecule has 2 rings (SSSR count). The van der Waals surface area contributed by atoms with Gasteiger partial charge in [-0.1, -0.05) is 6.07 Å². The van der Waals surface area contributed by atoms with Crippen LogP contribution in [0.3, 0.4) is 0 Å². The number of carbonyl (C=O) groups excluding carboxylic acids is 3. The molecule has 0 saturated carbocycles. The lowest BCUT2D eigenvalue weighted by Crippen LogP contribution is -2.44. The van der Waals surface area contributed by atoms with E-state index >= 15 is 0 Å². The molecular formula is C21H25N3O6S. The van der Waals surface area contributed by atoms with Crippen LogP contribution in [0.5, 0.6) is 0 Å². The van der Waals surface area contributed by atoms with Crippen LogP contribution in [-0.2, 0) is 19.6 Å². The van der Waals surface area contributed by atoms with E-state index < -0.39 is 34.5 Å². The molecule has 2 aromatic carbocycles. The Morgan fingerprint density at radius 1 is 0.968 bits per heavy atom. The molecule has 0 unspecified atom stereocenters. The predicted molar refractivity (Wildman–Crippen MR) is 115 cm³/mol. The summed E-state index contributed by atoms with van der Waals surface area (Å²) in [6.07, 6.45) is 0. The zero-order valence-corrected chi connectivity index (χ0v) is 18.5. The van der Waals surface area contributed by atoms with E-state index in [-0.39, 0.29) is 22.2 Å². The Balaban J connectivity index is 1.95. The summed E-state index contributed by atoms with van der Waals surface area (Å²) < 4.78 is 32.4. The van der Waals surface area contributed by atoms with E-state index in [0.29, 0.717) is 0 Å². The molecule has 0 atom stereocenters. The molecule has 2 aromatic rings. The summed E-state index contributed by atoms with van der Waals surface area (Å²) in [5.74, 6) is -1.56. The van der Waals surface area contributed by atoms with Crippen molar-refractivity contribution in [1.82, 2.24) is 10.6 Å². The molecule has 0 bridgehead atoms. The van der Waals surface area contributed by atoms with Crippen molar-refractivity contribution in [2.24, 2.45) is 0 Å². The van der Waals surface area contributed by atoms with Gasteiger partial charge in [0.1, 0.15) is 0 Å². The molecule has 31 heavy (non-hydrogen) atoms. The van der Waals surface area contributed by atoms with Gasteiger partial charge in [-0.05, 0) is 75.2 Å². The first-order valence-electron chi connectivity index (χ1n) is 9.45. The van der Waals surface area contributed by atoms with Crippen LogP contribution < -0.4 is 15.4 Å². The van der Waals surface area contributed by atoms with Crippen LogP contribution in [0.4, 0.5) is 10.5 Å². The van der Waals surface area contributed by atoms with E-state index in [1.165, 1.54) is 30.3 Å². The molecule has 0 spiro atoms. The third-order valence-electron chi connectivity index (χ3n) is 4.17. The second-order valence-electron chi connectivity index (χ2n) is 7.18. The molecule has 0 saturated heterocycles. The first-order chi connectivity index (χ1) is 14.5. The fourth-order valence-corrected chi connectivity index (χ4v) is 3.59. The highest BCUT2D eigenvalue weighted by molar-refractivity contribution is 7.92. The Labute approximate surface area is 181 Å². The Hall–Kier alpha value is -3.40. The fourth-order valence-electron chi connectivity index (χ4n) is 2.44. The maximum atomic E-state index is 12.5. The number of rotatable bonds is 7. The molecule has 0 aromatic heterocycles. The molecule has 3 amide bonds. The van der Waals surface area contributed by atoms with E-state index in [1.54, 1.807) is 26.0 Å². The van der Waals surface area contributed by atoms with Crippen molar-refractivity contribution in [2.75, 3.05) is 11.3 Å². The number of amides is 3. The number of ether oxygens (including phenoxy) is 1. The number of urea groups is 1. The number of hydrogen-bond donors (Lipinski definition) is 3. The van der Waals surface area contributed by atoms with Gasteiger partial charge in [-0.25, -0.2) is 18.0 Å². The summed E-state index contributed by atoms with van der Waals surface area (Å²) in [5, 5.41) is 4.50. The lowest BCUT2D eigenvalue weighted by Gasteiger charge is -2.11. The summed E-state index contributed by atoms with van der Waals surface area (Å²) in [7, 11) is -3.78. The van der Waals surface area contributed by atoms with E-state index in [4.69, 9.17) is 4.74 Å². The molecule has 0 aliphatic rings. The van der Waals surface area contributed by atoms with Crippen LogP contribution in [0.25, 0.3) is 0 Å². The van der Waals surface area contributed by atoms with Crippen molar-refractivity contribution in [3.05, 3.63) is 59.2 Å². The quantitative estimate of drug-likeness (QED) is 0.559. The highest BCUT2D eigenvalue weighted by Crippen LogP contribution is 2.19. The van der Waals surface area contributed by atoms with Gasteiger partial charge >= 0.3 is 12.0 Å². The minimum Gasteiger partial charge on any atom is -0.452 e. The van der Waals surface area contributed by atoms with Gasteiger partial charge in [-0.15, -0.1) is 0 Å². The van der Waals surface area contributed by atoms with Crippen molar-refractivity contribution in [1.29, 1.82) is 0 Å². The number of hydrogen-bond acceptors (Lipinski definition) is 6. The monoisotopic (exact) mass is 447 g/mol. The van der Waals surface area contributed by atoms with Crippen LogP contribution in [0, 0.1) is 13.8 Å². The van der Waals surface area contributed by atoms with Crippen LogP contribution in [0.1, 0.15) is 35.3 Å². The van der Waals surface area contributed by atoms with E-state index in [9.17, 15) is 22.8 Å². The van der Waals surface area contributed by atoms with E-state index in [1.807, 2.05) is 19.2 Å². The number of nitrogens with one attached hydrogen (secondary N) is 3. The number of benzene rings is 2. The van der Waals surface area contributed by atoms with Gasteiger partial charge in [0.05, 0.1) is 10.5 Å². The maximum absolute atomic E-state index is 12.5. The van der Waals surface area contributed by atoms with Crippen molar-refractivity contribution in [3.63, 3.8) is 0 Å². The Kier molecular flexibility index (Phi) is 7.76. The first-order valence-corrected chi connectivity index (χ1v) is 10.9. The zero-order chi connectivity index (χ0) is 23.2. The fraction of sp³-hybridized carbons (Fsp3) is 0.286. The zero-order valence-electron chi connectivity index (χ0n) is 17.7. The average molecular weight is 448 g/mol. The molecule has 0 heterocycles. The summed E-state index contributed by atoms with van der Waals surface area (Å²) in [5.41, 5.74) is 2.22. The van der Waals surface area contributed by atoms with E-state index in [2.05, 4.69) is 10.0 Å². The molecule has 3 N–H and O–H groups in total. The average Bonchev–Trinajstić information content (AvgIpc) is 2.67. The van der Waals surface area contributed by atoms with Crippen molar-refractivity contribution >= 4 is 33.6 Å². The minimum atomic E-state index is -3.78. The van der Waals surface area contributed by atoms with Gasteiger partial charge in [-0.3, -0.25) is 14.8 Å². The molecule has 0 aliphatic heterocycles. The lowest BCUT2D eigenvalue weighted by molar-refractivity contribution is -0.123. The number of carbonyl (C=O) groups is 3. The van der Waals surface area contributed by atoms with Gasteiger partial charge in [0, 0.05) is 11.7 Å². The molecule has 166 valence electrons. The van der Waals surface area contributed by atoms with Crippen molar-refractivity contribution < 1.29 is 27.5 Å². The Morgan fingerprint density at radius 3 is 2.19 bits per heavy atom. The van der Waals surface area contributed by atoms with Crippen LogP contribution >= 0.6 is 0 Å². The number of sulfonamides is 1. The number of imide groups is 1. The van der Waals surface area contributed by atoms with Gasteiger partial charge < -0.3 is 10.1 Å². The SMILES string of the molecule is Cc1ccc(S(=O)(=O)Nc2ccc(C(=O)OCC(=O)NC(=O)NC(C)C)cc2)cc1C. The largest absolute Gasteiger partial charge is 0.452 e. The summed E-state index contributed by atoms with van der Waals surface area (Å²) in [6.45, 7) is 6.55. The van der Waals surface area contributed by atoms with Gasteiger partial charge in [-0.2, -0.15) is 0 Å². The number of esters is 1. The van der Waals surface area contributed by atoms with Crippen LogP contribution in [0.2, 0.25) is 0 Å². The summed E-state index contributed by atoms with van der Waals surface area (Å²) >= 11 is 0.